The summed E-state index contributed by atoms with van der Waals surface area (Å²) in [5.41, 5.74) is 4.70. The van der Waals surface area contributed by atoms with Crippen LogP contribution in [-0.2, 0) is 28.1 Å². The Balaban J connectivity index is 1.05. The molecular formula is C29H29N5O5. The number of nitrogens with one attached hydrogen (secondary N) is 1. The largest absolute Gasteiger partial charge is 0.492 e. The van der Waals surface area contributed by atoms with Crippen molar-refractivity contribution in [3.05, 3.63) is 64.5 Å². The maximum absolute atomic E-state index is 13.2. The Hall–Kier alpha value is -4.05. The molecule has 7 rings (SSSR count). The summed E-state index contributed by atoms with van der Waals surface area (Å²) in [4.78, 5) is 41.3. The lowest BCUT2D eigenvalue weighted by molar-refractivity contribution is -0.136. The van der Waals surface area contributed by atoms with E-state index in [2.05, 4.69) is 38.6 Å². The van der Waals surface area contributed by atoms with E-state index in [1.54, 1.807) is 11.8 Å². The average Bonchev–Trinajstić information content (AvgIpc) is 3.62. The molecule has 0 radical (unpaired) electrons. The van der Waals surface area contributed by atoms with E-state index in [4.69, 9.17) is 9.15 Å². The van der Waals surface area contributed by atoms with Gasteiger partial charge >= 0.3 is 0 Å². The number of fused-ring (bicyclic) bond motifs is 4. The van der Waals surface area contributed by atoms with Gasteiger partial charge in [0.15, 0.2) is 0 Å². The van der Waals surface area contributed by atoms with Crippen LogP contribution in [0.4, 0.5) is 0 Å². The first-order valence-electron chi connectivity index (χ1n) is 13.5. The summed E-state index contributed by atoms with van der Waals surface area (Å²) in [5.74, 6) is 1.05. The van der Waals surface area contributed by atoms with Crippen molar-refractivity contribution in [3.63, 3.8) is 0 Å². The average molecular weight is 528 g/mol. The second-order valence-electron chi connectivity index (χ2n) is 11.0. The van der Waals surface area contributed by atoms with E-state index in [-0.39, 0.29) is 23.7 Å². The van der Waals surface area contributed by atoms with Crippen LogP contribution < -0.4 is 10.1 Å². The molecule has 1 N–H and O–H groups in total. The van der Waals surface area contributed by atoms with Gasteiger partial charge in [-0.3, -0.25) is 24.6 Å². The summed E-state index contributed by atoms with van der Waals surface area (Å²) in [6, 6.07) is 11.6. The van der Waals surface area contributed by atoms with Crippen molar-refractivity contribution in [1.29, 1.82) is 0 Å². The summed E-state index contributed by atoms with van der Waals surface area (Å²) in [5, 5.41) is 10.4. The van der Waals surface area contributed by atoms with Gasteiger partial charge in [0.2, 0.25) is 23.6 Å². The van der Waals surface area contributed by atoms with Crippen LogP contribution in [0.5, 0.6) is 5.75 Å². The molecule has 4 aliphatic heterocycles. The number of amides is 3. The SMILES string of the molecule is Cc1nnc(-c2cccc(CN3CCC4(CC3)COc3c4ccc4c3CN(C3CCC(=O)NC3=O)C4=O)c2)o1. The Morgan fingerprint density at radius 1 is 1.10 bits per heavy atom. The molecule has 0 saturated carbocycles. The minimum absolute atomic E-state index is 0.0743. The van der Waals surface area contributed by atoms with E-state index in [1.165, 1.54) is 11.1 Å². The first-order valence-corrected chi connectivity index (χ1v) is 13.5. The molecule has 2 saturated heterocycles. The molecule has 0 bridgehead atoms. The highest BCUT2D eigenvalue weighted by molar-refractivity contribution is 6.05. The minimum atomic E-state index is -0.626. The Kier molecular flexibility index (Phi) is 5.55. The molecule has 4 aliphatic rings. The fourth-order valence-corrected chi connectivity index (χ4v) is 6.51. The number of hydrogen-bond acceptors (Lipinski definition) is 8. The number of likely N-dealkylation sites (tertiary alicyclic amines) is 1. The third-order valence-electron chi connectivity index (χ3n) is 8.65. The molecule has 10 nitrogen and oxygen atoms in total. The Morgan fingerprint density at radius 2 is 1.95 bits per heavy atom. The van der Waals surface area contributed by atoms with Crippen molar-refractivity contribution < 1.29 is 23.5 Å². The molecule has 0 aliphatic carbocycles. The van der Waals surface area contributed by atoms with E-state index in [0.29, 0.717) is 36.9 Å². The van der Waals surface area contributed by atoms with Crippen LogP contribution in [0, 0.1) is 6.92 Å². The number of nitrogens with zero attached hydrogens (tertiary/aromatic N) is 4. The number of ether oxygens (including phenoxy) is 1. The lowest BCUT2D eigenvalue weighted by atomic mass is 9.74. The molecular weight excluding hydrogens is 498 g/mol. The smallest absolute Gasteiger partial charge is 0.255 e. The van der Waals surface area contributed by atoms with Gasteiger partial charge in [0, 0.05) is 47.6 Å². The van der Waals surface area contributed by atoms with Crippen LogP contribution >= 0.6 is 0 Å². The zero-order valence-electron chi connectivity index (χ0n) is 21.7. The fourth-order valence-electron chi connectivity index (χ4n) is 6.51. The number of imide groups is 1. The molecule has 2 aromatic carbocycles. The molecule has 200 valence electrons. The molecule has 3 amide bonds. The Bertz CT molecular complexity index is 1510. The van der Waals surface area contributed by atoms with Gasteiger partial charge in [0.25, 0.3) is 5.91 Å². The van der Waals surface area contributed by atoms with Crippen LogP contribution in [-0.4, -0.2) is 63.5 Å². The molecule has 2 fully saturated rings. The minimum Gasteiger partial charge on any atom is -0.492 e. The van der Waals surface area contributed by atoms with Crippen molar-refractivity contribution in [2.24, 2.45) is 0 Å². The van der Waals surface area contributed by atoms with Gasteiger partial charge in [-0.2, -0.15) is 0 Å². The van der Waals surface area contributed by atoms with Crippen LogP contribution in [0.15, 0.2) is 40.8 Å². The van der Waals surface area contributed by atoms with Crippen molar-refractivity contribution in [2.45, 2.75) is 57.2 Å². The van der Waals surface area contributed by atoms with E-state index in [9.17, 15) is 14.4 Å². The lowest BCUT2D eigenvalue weighted by Crippen LogP contribution is -2.52. The van der Waals surface area contributed by atoms with Crippen molar-refractivity contribution >= 4 is 17.7 Å². The zero-order chi connectivity index (χ0) is 26.7. The van der Waals surface area contributed by atoms with Gasteiger partial charge in [-0.25, -0.2) is 0 Å². The first-order chi connectivity index (χ1) is 18.9. The van der Waals surface area contributed by atoms with Crippen molar-refractivity contribution in [2.75, 3.05) is 19.7 Å². The van der Waals surface area contributed by atoms with Gasteiger partial charge in [-0.1, -0.05) is 18.2 Å². The summed E-state index contributed by atoms with van der Waals surface area (Å²) in [7, 11) is 0. The third-order valence-corrected chi connectivity index (χ3v) is 8.65. The van der Waals surface area contributed by atoms with Crippen LogP contribution in [0.3, 0.4) is 0 Å². The number of aryl methyl sites for hydroxylation is 1. The molecule has 39 heavy (non-hydrogen) atoms. The monoisotopic (exact) mass is 527 g/mol. The molecule has 3 aromatic rings. The Labute approximate surface area is 225 Å². The summed E-state index contributed by atoms with van der Waals surface area (Å²) in [6.07, 6.45) is 2.52. The number of carbonyl (C=O) groups excluding carboxylic acids is 3. The summed E-state index contributed by atoms with van der Waals surface area (Å²) < 4.78 is 11.9. The second kappa shape index (κ2) is 9.01. The summed E-state index contributed by atoms with van der Waals surface area (Å²) in [6.45, 7) is 5.43. The molecule has 1 atom stereocenters. The van der Waals surface area contributed by atoms with E-state index in [1.807, 2.05) is 18.2 Å². The van der Waals surface area contributed by atoms with Gasteiger partial charge in [-0.05, 0) is 56.1 Å². The highest BCUT2D eigenvalue weighted by Crippen LogP contribution is 2.49. The number of rotatable bonds is 4. The zero-order valence-corrected chi connectivity index (χ0v) is 21.7. The second-order valence-corrected chi connectivity index (χ2v) is 11.0. The normalized spacial score (nSPS) is 22.1. The highest BCUT2D eigenvalue weighted by atomic mass is 16.5. The first kappa shape index (κ1) is 24.0. The van der Waals surface area contributed by atoms with Crippen molar-refractivity contribution in [1.82, 2.24) is 25.3 Å². The number of aromatic nitrogens is 2. The predicted molar refractivity (Wildman–Crippen MR) is 139 cm³/mol. The van der Waals surface area contributed by atoms with Gasteiger partial charge < -0.3 is 14.1 Å². The summed E-state index contributed by atoms with van der Waals surface area (Å²) >= 11 is 0. The number of hydrogen-bond donors (Lipinski definition) is 1. The molecule has 1 unspecified atom stereocenters. The molecule has 1 aromatic heterocycles. The van der Waals surface area contributed by atoms with Crippen LogP contribution in [0.2, 0.25) is 0 Å². The van der Waals surface area contributed by atoms with E-state index < -0.39 is 11.9 Å². The fraction of sp³-hybridized carbons (Fsp3) is 0.414. The molecule has 1 spiro atoms. The van der Waals surface area contributed by atoms with Gasteiger partial charge in [0.1, 0.15) is 11.8 Å². The van der Waals surface area contributed by atoms with Gasteiger partial charge in [0.05, 0.1) is 13.2 Å². The quantitative estimate of drug-likeness (QED) is 0.515. The number of carbonyl (C=O) groups is 3. The predicted octanol–water partition coefficient (Wildman–Crippen LogP) is 2.73. The third kappa shape index (κ3) is 4.01. The highest BCUT2D eigenvalue weighted by Gasteiger charge is 2.47. The molecule has 10 heteroatoms. The van der Waals surface area contributed by atoms with Crippen molar-refractivity contribution in [3.8, 4) is 17.2 Å². The van der Waals surface area contributed by atoms with Gasteiger partial charge in [-0.15, -0.1) is 10.2 Å². The maximum Gasteiger partial charge on any atom is 0.255 e. The standard InChI is InChI=1S/C29H29N5O5/c1-17-31-32-27(39-17)19-4-2-3-18(13-19)14-33-11-9-29(10-12-33)16-38-25-21-15-34(23-7-8-24(35)30-26(23)36)28(37)20(21)5-6-22(25)29/h2-6,13,23H,7-12,14-16H2,1H3,(H,30,35,36). The number of benzene rings is 2. The molecule has 5 heterocycles. The topological polar surface area (TPSA) is 118 Å². The van der Waals surface area contributed by atoms with E-state index >= 15 is 0 Å². The Morgan fingerprint density at radius 3 is 2.72 bits per heavy atom. The maximum atomic E-state index is 13.2. The van der Waals surface area contributed by atoms with Crippen LogP contribution in [0.25, 0.3) is 11.5 Å². The van der Waals surface area contributed by atoms with E-state index in [0.717, 1.165) is 49.4 Å². The lowest BCUT2D eigenvalue weighted by Gasteiger charge is -2.38. The van der Waals surface area contributed by atoms with Crippen LogP contribution in [0.1, 0.15) is 58.6 Å². The number of piperidine rings is 2.